The van der Waals surface area contributed by atoms with Gasteiger partial charge in [-0.2, -0.15) is 5.10 Å². The van der Waals surface area contributed by atoms with Crippen LogP contribution in [-0.4, -0.2) is 9.78 Å². The second kappa shape index (κ2) is 3.92. The Bertz CT molecular complexity index is 520. The van der Waals surface area contributed by atoms with Gasteiger partial charge in [0.25, 0.3) is 0 Å². The highest BCUT2D eigenvalue weighted by atomic mass is 19.1. The molecule has 0 aliphatic heterocycles. The van der Waals surface area contributed by atoms with Crippen LogP contribution in [0, 0.1) is 11.6 Å². The van der Waals surface area contributed by atoms with E-state index in [9.17, 15) is 8.78 Å². The van der Waals surface area contributed by atoms with Gasteiger partial charge in [-0.25, -0.2) is 13.5 Å². The summed E-state index contributed by atoms with van der Waals surface area (Å²) in [5, 5.41) is 3.98. The van der Waals surface area contributed by atoms with E-state index in [1.165, 1.54) is 16.8 Å². The number of hydrogen-bond acceptors (Lipinski definition) is 2. The molecule has 0 saturated carbocycles. The highest BCUT2D eigenvalue weighted by Gasteiger charge is 2.11. The Kier molecular flexibility index (Phi) is 2.60. The fraction of sp³-hybridized carbons (Fsp3) is 0.182. The van der Waals surface area contributed by atoms with Gasteiger partial charge in [-0.1, -0.05) is 6.92 Å². The monoisotopic (exact) mass is 223 g/mol. The maximum atomic E-state index is 13.5. The SMILES string of the molecule is CCc1cnn(-c2ccc(F)cc2F)c1N. The van der Waals surface area contributed by atoms with E-state index in [1.54, 1.807) is 6.20 Å². The van der Waals surface area contributed by atoms with Crippen molar-refractivity contribution in [1.29, 1.82) is 0 Å². The second-order valence-corrected chi connectivity index (χ2v) is 3.42. The Morgan fingerprint density at radius 2 is 2.12 bits per heavy atom. The highest BCUT2D eigenvalue weighted by Crippen LogP contribution is 2.20. The summed E-state index contributed by atoms with van der Waals surface area (Å²) in [6.45, 7) is 1.93. The van der Waals surface area contributed by atoms with Crippen LogP contribution in [0.3, 0.4) is 0 Å². The fourth-order valence-electron chi connectivity index (χ4n) is 1.51. The van der Waals surface area contributed by atoms with Gasteiger partial charge in [-0.05, 0) is 18.6 Å². The van der Waals surface area contributed by atoms with E-state index >= 15 is 0 Å². The van der Waals surface area contributed by atoms with Crippen molar-refractivity contribution in [2.45, 2.75) is 13.3 Å². The summed E-state index contributed by atoms with van der Waals surface area (Å²) in [4.78, 5) is 0. The van der Waals surface area contributed by atoms with Gasteiger partial charge in [0.05, 0.1) is 6.20 Å². The first-order valence-corrected chi connectivity index (χ1v) is 4.91. The summed E-state index contributed by atoms with van der Waals surface area (Å²) >= 11 is 0. The third kappa shape index (κ3) is 1.64. The van der Waals surface area contributed by atoms with Gasteiger partial charge in [0.15, 0.2) is 5.82 Å². The Labute approximate surface area is 91.5 Å². The van der Waals surface area contributed by atoms with E-state index in [1.807, 2.05) is 6.92 Å². The number of nitrogen functional groups attached to an aromatic ring is 1. The van der Waals surface area contributed by atoms with Crippen LogP contribution in [0.15, 0.2) is 24.4 Å². The first kappa shape index (κ1) is 10.6. The molecule has 2 aromatic rings. The van der Waals surface area contributed by atoms with Gasteiger partial charge < -0.3 is 5.73 Å². The molecule has 0 aliphatic rings. The molecule has 0 radical (unpaired) electrons. The predicted octanol–water partition coefficient (Wildman–Crippen LogP) is 2.30. The molecule has 2 N–H and O–H groups in total. The van der Waals surface area contributed by atoms with Crippen LogP contribution in [0.25, 0.3) is 5.69 Å². The Morgan fingerprint density at radius 3 is 2.69 bits per heavy atom. The predicted molar refractivity (Wildman–Crippen MR) is 57.3 cm³/mol. The molecule has 16 heavy (non-hydrogen) atoms. The van der Waals surface area contributed by atoms with Crippen LogP contribution >= 0.6 is 0 Å². The lowest BCUT2D eigenvalue weighted by atomic mass is 10.2. The Morgan fingerprint density at radius 1 is 1.38 bits per heavy atom. The molecule has 0 amide bonds. The standard InChI is InChI=1S/C11H11F2N3/c1-2-7-6-15-16(11(7)14)10-4-3-8(12)5-9(10)13/h3-6H,2,14H2,1H3. The third-order valence-corrected chi connectivity index (χ3v) is 2.41. The quantitative estimate of drug-likeness (QED) is 0.848. The first-order valence-electron chi connectivity index (χ1n) is 4.91. The minimum absolute atomic E-state index is 0.151. The molecule has 0 saturated heterocycles. The van der Waals surface area contributed by atoms with Gasteiger partial charge in [0.2, 0.25) is 0 Å². The van der Waals surface area contributed by atoms with Crippen molar-refractivity contribution in [3.8, 4) is 5.69 Å². The minimum Gasteiger partial charge on any atom is -0.383 e. The number of aryl methyl sites for hydroxylation is 1. The molecule has 1 heterocycles. The fourth-order valence-corrected chi connectivity index (χ4v) is 1.51. The molecule has 0 aliphatic carbocycles. The zero-order chi connectivity index (χ0) is 11.7. The molecule has 0 bridgehead atoms. The number of nitrogens with two attached hydrogens (primary N) is 1. The first-order chi connectivity index (χ1) is 7.63. The molecule has 0 spiro atoms. The number of aromatic nitrogens is 2. The summed E-state index contributed by atoms with van der Waals surface area (Å²) in [6, 6.07) is 3.29. The lowest BCUT2D eigenvalue weighted by Crippen LogP contribution is -2.05. The van der Waals surface area contributed by atoms with Gasteiger partial charge in [-0.3, -0.25) is 0 Å². The largest absolute Gasteiger partial charge is 0.383 e. The van der Waals surface area contributed by atoms with Crippen molar-refractivity contribution in [1.82, 2.24) is 9.78 Å². The van der Waals surface area contributed by atoms with Gasteiger partial charge in [-0.15, -0.1) is 0 Å². The van der Waals surface area contributed by atoms with Gasteiger partial charge in [0, 0.05) is 11.6 Å². The topological polar surface area (TPSA) is 43.8 Å². The van der Waals surface area contributed by atoms with Crippen molar-refractivity contribution in [2.24, 2.45) is 0 Å². The zero-order valence-electron chi connectivity index (χ0n) is 8.74. The van der Waals surface area contributed by atoms with Crippen LogP contribution in [-0.2, 0) is 6.42 Å². The van der Waals surface area contributed by atoms with E-state index in [4.69, 9.17) is 5.73 Å². The van der Waals surface area contributed by atoms with E-state index in [0.29, 0.717) is 12.2 Å². The summed E-state index contributed by atoms with van der Waals surface area (Å²) in [5.74, 6) is -0.923. The molecule has 1 aromatic heterocycles. The molecule has 1 aromatic carbocycles. The van der Waals surface area contributed by atoms with Crippen LogP contribution in [0.2, 0.25) is 0 Å². The summed E-state index contributed by atoms with van der Waals surface area (Å²) in [6.07, 6.45) is 2.30. The van der Waals surface area contributed by atoms with E-state index < -0.39 is 11.6 Å². The number of nitrogens with zero attached hydrogens (tertiary/aromatic N) is 2. The van der Waals surface area contributed by atoms with Crippen LogP contribution in [0.1, 0.15) is 12.5 Å². The Hall–Kier alpha value is -1.91. The molecule has 3 nitrogen and oxygen atoms in total. The lowest BCUT2D eigenvalue weighted by molar-refractivity contribution is 0.574. The third-order valence-electron chi connectivity index (χ3n) is 2.41. The smallest absolute Gasteiger partial charge is 0.151 e. The summed E-state index contributed by atoms with van der Waals surface area (Å²) in [5.41, 5.74) is 6.78. The van der Waals surface area contributed by atoms with Crippen molar-refractivity contribution in [3.63, 3.8) is 0 Å². The molecule has 5 heteroatoms. The minimum atomic E-state index is -0.683. The molecular weight excluding hydrogens is 212 g/mol. The summed E-state index contributed by atoms with van der Waals surface area (Å²) < 4.78 is 27.5. The molecule has 0 fully saturated rings. The molecule has 0 unspecified atom stereocenters. The number of hydrogen-bond donors (Lipinski definition) is 1. The zero-order valence-corrected chi connectivity index (χ0v) is 8.74. The molecule has 0 atom stereocenters. The van der Waals surface area contributed by atoms with Gasteiger partial charge in [0.1, 0.15) is 17.3 Å². The Balaban J connectivity index is 2.54. The van der Waals surface area contributed by atoms with E-state index in [2.05, 4.69) is 5.10 Å². The van der Waals surface area contributed by atoms with Crippen molar-refractivity contribution in [3.05, 3.63) is 41.6 Å². The molecule has 84 valence electrons. The average molecular weight is 223 g/mol. The molecule has 2 rings (SSSR count). The van der Waals surface area contributed by atoms with Crippen molar-refractivity contribution >= 4 is 5.82 Å². The average Bonchev–Trinajstić information content (AvgIpc) is 2.60. The normalized spacial score (nSPS) is 10.7. The van der Waals surface area contributed by atoms with Crippen molar-refractivity contribution in [2.75, 3.05) is 5.73 Å². The number of anilines is 1. The van der Waals surface area contributed by atoms with Gasteiger partial charge >= 0.3 is 0 Å². The van der Waals surface area contributed by atoms with Crippen LogP contribution < -0.4 is 5.73 Å². The number of rotatable bonds is 2. The lowest BCUT2D eigenvalue weighted by Gasteiger charge is -2.05. The maximum absolute atomic E-state index is 13.5. The molecular formula is C11H11F2N3. The number of halogens is 2. The van der Waals surface area contributed by atoms with Crippen LogP contribution in [0.5, 0.6) is 0 Å². The van der Waals surface area contributed by atoms with E-state index in [-0.39, 0.29) is 5.69 Å². The maximum Gasteiger partial charge on any atom is 0.151 e. The van der Waals surface area contributed by atoms with Crippen LogP contribution in [0.4, 0.5) is 14.6 Å². The highest BCUT2D eigenvalue weighted by molar-refractivity contribution is 5.47. The van der Waals surface area contributed by atoms with E-state index in [0.717, 1.165) is 11.6 Å². The summed E-state index contributed by atoms with van der Waals surface area (Å²) in [7, 11) is 0. The number of benzene rings is 1. The second-order valence-electron chi connectivity index (χ2n) is 3.42. The van der Waals surface area contributed by atoms with Crippen molar-refractivity contribution < 1.29 is 8.78 Å².